The molecular formula is C24H27F3N4O3. The summed E-state index contributed by atoms with van der Waals surface area (Å²) in [5, 5.41) is 3.07. The van der Waals surface area contributed by atoms with Crippen LogP contribution >= 0.6 is 0 Å². The lowest BCUT2D eigenvalue weighted by Gasteiger charge is -2.38. The Bertz CT molecular complexity index is 1010. The molecule has 1 atom stereocenters. The van der Waals surface area contributed by atoms with Gasteiger partial charge in [-0.1, -0.05) is 6.92 Å². The van der Waals surface area contributed by atoms with Crippen LogP contribution in [0.5, 0.6) is 5.75 Å². The second-order valence-corrected chi connectivity index (χ2v) is 8.71. The molecule has 1 unspecified atom stereocenters. The molecule has 1 N–H and O–H groups in total. The zero-order chi connectivity index (χ0) is 24.3. The summed E-state index contributed by atoms with van der Waals surface area (Å²) in [6.07, 6.45) is 1.13. The number of carbonyl (C=O) groups excluding carboxylic acids is 2. The van der Waals surface area contributed by atoms with Gasteiger partial charge in [-0.05, 0) is 67.6 Å². The summed E-state index contributed by atoms with van der Waals surface area (Å²) < 4.78 is 41.1. The molecule has 2 aliphatic heterocycles. The minimum Gasteiger partial charge on any atom is -0.406 e. The average molecular weight is 476 g/mol. The number of ether oxygens (including phenoxy) is 1. The number of urea groups is 1. The fourth-order valence-corrected chi connectivity index (χ4v) is 4.75. The van der Waals surface area contributed by atoms with Gasteiger partial charge in [0.25, 0.3) is 0 Å². The molecular weight excluding hydrogens is 449 g/mol. The van der Waals surface area contributed by atoms with Crippen LogP contribution in [0.25, 0.3) is 0 Å². The van der Waals surface area contributed by atoms with Crippen LogP contribution in [0.2, 0.25) is 0 Å². The number of hydrogen-bond donors (Lipinski definition) is 1. The monoisotopic (exact) mass is 476 g/mol. The number of nitrogens with one attached hydrogen (secondary N) is 1. The first-order chi connectivity index (χ1) is 16.2. The Morgan fingerprint density at radius 2 is 1.71 bits per heavy atom. The zero-order valence-corrected chi connectivity index (χ0v) is 18.8. The minimum atomic E-state index is -4.76. The number of likely N-dealkylation sites (tertiary alicyclic amines) is 1. The molecule has 0 aliphatic carbocycles. The summed E-state index contributed by atoms with van der Waals surface area (Å²) in [5.74, 6) is -0.366. The smallest absolute Gasteiger partial charge is 0.406 e. The number of alkyl halides is 3. The third-order valence-corrected chi connectivity index (χ3v) is 6.72. The summed E-state index contributed by atoms with van der Waals surface area (Å²) in [5.41, 5.74) is 0.986. The lowest BCUT2D eigenvalue weighted by Crippen LogP contribution is -2.50. The van der Waals surface area contributed by atoms with E-state index >= 15 is 0 Å². The third-order valence-electron chi connectivity index (χ3n) is 6.72. The van der Waals surface area contributed by atoms with Crippen molar-refractivity contribution < 1.29 is 27.5 Å². The molecule has 3 amide bonds. The molecule has 0 radical (unpaired) electrons. The molecule has 7 nitrogen and oxygen atoms in total. The van der Waals surface area contributed by atoms with Crippen LogP contribution in [-0.4, -0.2) is 47.8 Å². The molecule has 1 spiro atoms. The molecule has 3 heterocycles. The Labute approximate surface area is 195 Å². The second-order valence-electron chi connectivity index (χ2n) is 8.71. The largest absolute Gasteiger partial charge is 0.573 e. The first-order valence-corrected chi connectivity index (χ1v) is 11.3. The van der Waals surface area contributed by atoms with Gasteiger partial charge in [-0.3, -0.25) is 9.78 Å². The van der Waals surface area contributed by atoms with Crippen molar-refractivity contribution in [3.8, 4) is 5.75 Å². The Morgan fingerprint density at radius 3 is 2.29 bits per heavy atom. The fraction of sp³-hybridized carbons (Fsp3) is 0.458. The number of nitrogens with zero attached hydrogens (tertiary/aromatic N) is 3. The van der Waals surface area contributed by atoms with Gasteiger partial charge in [0.2, 0.25) is 5.91 Å². The molecule has 1 aromatic carbocycles. The number of rotatable bonds is 5. The molecule has 4 rings (SSSR count). The predicted molar refractivity (Wildman–Crippen MR) is 119 cm³/mol. The highest BCUT2D eigenvalue weighted by Gasteiger charge is 2.49. The number of carbonyl (C=O) groups is 2. The summed E-state index contributed by atoms with van der Waals surface area (Å²) >= 11 is 0. The van der Waals surface area contributed by atoms with Crippen molar-refractivity contribution in [1.82, 2.24) is 15.2 Å². The van der Waals surface area contributed by atoms with E-state index < -0.39 is 11.8 Å². The van der Waals surface area contributed by atoms with Gasteiger partial charge in [-0.2, -0.15) is 0 Å². The van der Waals surface area contributed by atoms with E-state index in [1.165, 1.54) is 24.3 Å². The highest BCUT2D eigenvalue weighted by molar-refractivity contribution is 6.00. The predicted octanol–water partition coefficient (Wildman–Crippen LogP) is 4.66. The quantitative estimate of drug-likeness (QED) is 0.681. The van der Waals surface area contributed by atoms with Crippen LogP contribution in [0.4, 0.5) is 23.7 Å². The first kappa shape index (κ1) is 23.8. The van der Waals surface area contributed by atoms with Crippen LogP contribution in [-0.2, 0) is 4.79 Å². The number of pyridine rings is 1. The highest BCUT2D eigenvalue weighted by Crippen LogP contribution is 2.43. The van der Waals surface area contributed by atoms with E-state index in [2.05, 4.69) is 15.0 Å². The molecule has 2 aromatic rings. The van der Waals surface area contributed by atoms with Gasteiger partial charge in [-0.15, -0.1) is 13.2 Å². The van der Waals surface area contributed by atoms with Crippen LogP contribution in [0.15, 0.2) is 48.8 Å². The Morgan fingerprint density at radius 1 is 1.09 bits per heavy atom. The summed E-state index contributed by atoms with van der Waals surface area (Å²) in [6.45, 7) is 3.43. The third kappa shape index (κ3) is 5.10. The minimum absolute atomic E-state index is 0.0414. The Hall–Kier alpha value is -3.30. The van der Waals surface area contributed by atoms with E-state index in [4.69, 9.17) is 0 Å². The van der Waals surface area contributed by atoms with Crippen LogP contribution in [0, 0.1) is 5.41 Å². The molecule has 182 valence electrons. The van der Waals surface area contributed by atoms with Crippen molar-refractivity contribution in [2.75, 3.05) is 24.5 Å². The molecule has 0 bridgehead atoms. The number of benzene rings is 1. The van der Waals surface area contributed by atoms with Crippen LogP contribution < -0.4 is 15.0 Å². The maximum absolute atomic E-state index is 13.3. The lowest BCUT2D eigenvalue weighted by atomic mass is 9.77. The van der Waals surface area contributed by atoms with Crippen molar-refractivity contribution in [2.24, 2.45) is 5.41 Å². The van der Waals surface area contributed by atoms with E-state index in [-0.39, 0.29) is 23.7 Å². The Kier molecular flexibility index (Phi) is 6.67. The summed E-state index contributed by atoms with van der Waals surface area (Å²) in [4.78, 5) is 33.5. The van der Waals surface area contributed by atoms with Gasteiger partial charge in [0.15, 0.2) is 0 Å². The summed E-state index contributed by atoms with van der Waals surface area (Å²) in [7, 11) is 0. The maximum Gasteiger partial charge on any atom is 0.573 e. The lowest BCUT2D eigenvalue weighted by molar-refractivity contribution is -0.274. The average Bonchev–Trinajstić information content (AvgIpc) is 3.13. The molecule has 2 fully saturated rings. The fourth-order valence-electron chi connectivity index (χ4n) is 4.75. The molecule has 2 saturated heterocycles. The van der Waals surface area contributed by atoms with Gasteiger partial charge >= 0.3 is 12.4 Å². The number of hydrogen-bond acceptors (Lipinski definition) is 4. The maximum atomic E-state index is 13.3. The number of piperidine rings is 1. The van der Waals surface area contributed by atoms with E-state index in [0.717, 1.165) is 12.0 Å². The van der Waals surface area contributed by atoms with Crippen molar-refractivity contribution in [3.05, 3.63) is 54.4 Å². The molecule has 0 saturated carbocycles. The van der Waals surface area contributed by atoms with E-state index in [0.29, 0.717) is 44.6 Å². The van der Waals surface area contributed by atoms with Gasteiger partial charge in [0.05, 0.1) is 11.5 Å². The SMILES string of the molecule is CCC(NC(=O)N1CCC2(CC1)CCN(c1ccc(OC(F)(F)F)cc1)C2=O)c1ccncc1. The molecule has 2 aliphatic rings. The van der Waals surface area contributed by atoms with Gasteiger partial charge in [-0.25, -0.2) is 4.79 Å². The molecule has 10 heteroatoms. The van der Waals surface area contributed by atoms with Gasteiger partial charge in [0.1, 0.15) is 5.75 Å². The first-order valence-electron chi connectivity index (χ1n) is 11.3. The second kappa shape index (κ2) is 9.52. The number of aromatic nitrogens is 1. The van der Waals surface area contributed by atoms with Crippen molar-refractivity contribution >= 4 is 17.6 Å². The number of anilines is 1. The topological polar surface area (TPSA) is 74.8 Å². The van der Waals surface area contributed by atoms with Gasteiger partial charge in [0, 0.05) is 37.7 Å². The highest BCUT2D eigenvalue weighted by atomic mass is 19.4. The standard InChI is InChI=1S/C24H27F3N4O3/c1-2-20(17-7-12-28-13-8-17)29-22(33)30-14-9-23(10-15-30)11-16-31(21(23)32)18-3-5-19(6-4-18)34-24(25,26)27/h3-8,12-13,20H,2,9-11,14-16H2,1H3,(H,29,33). The van der Waals surface area contributed by atoms with Crippen molar-refractivity contribution in [2.45, 2.75) is 45.0 Å². The number of amides is 3. The van der Waals surface area contributed by atoms with Crippen LogP contribution in [0.1, 0.15) is 44.2 Å². The van der Waals surface area contributed by atoms with Gasteiger partial charge < -0.3 is 19.9 Å². The summed E-state index contributed by atoms with van der Waals surface area (Å²) in [6, 6.07) is 8.85. The number of halogens is 3. The normalized spacial score (nSPS) is 18.8. The van der Waals surface area contributed by atoms with E-state index in [1.54, 1.807) is 22.2 Å². The molecule has 1 aromatic heterocycles. The van der Waals surface area contributed by atoms with Crippen molar-refractivity contribution in [3.63, 3.8) is 0 Å². The van der Waals surface area contributed by atoms with Crippen molar-refractivity contribution in [1.29, 1.82) is 0 Å². The molecule has 34 heavy (non-hydrogen) atoms. The van der Waals surface area contributed by atoms with Crippen LogP contribution in [0.3, 0.4) is 0 Å². The zero-order valence-electron chi connectivity index (χ0n) is 18.8. The Balaban J connectivity index is 1.35. The van der Waals surface area contributed by atoms with E-state index in [9.17, 15) is 22.8 Å². The van der Waals surface area contributed by atoms with E-state index in [1.807, 2.05) is 19.1 Å².